The van der Waals surface area contributed by atoms with Gasteiger partial charge in [-0.2, -0.15) is 4.48 Å². The summed E-state index contributed by atoms with van der Waals surface area (Å²) in [5.41, 5.74) is 1.26. The first-order valence-electron chi connectivity index (χ1n) is 13.3. The maximum atomic E-state index is 15.6. The van der Waals surface area contributed by atoms with Gasteiger partial charge in [-0.15, -0.1) is 0 Å². The lowest BCUT2D eigenvalue weighted by Gasteiger charge is -2.45. The van der Waals surface area contributed by atoms with Gasteiger partial charge < -0.3 is 5.32 Å². The molecule has 4 aromatic carbocycles. The summed E-state index contributed by atoms with van der Waals surface area (Å²) in [7, 11) is 0. The van der Waals surface area contributed by atoms with Gasteiger partial charge in [0.15, 0.2) is 0 Å². The van der Waals surface area contributed by atoms with E-state index in [0.717, 1.165) is 11.1 Å². The minimum absolute atomic E-state index is 0.174. The van der Waals surface area contributed by atoms with E-state index in [2.05, 4.69) is 10.6 Å². The number of aliphatic imine (C=N–C) groups is 1. The normalized spacial score (nSPS) is 23.2. The van der Waals surface area contributed by atoms with Crippen molar-refractivity contribution in [3.63, 3.8) is 0 Å². The highest BCUT2D eigenvalue weighted by molar-refractivity contribution is 5.84. The van der Waals surface area contributed by atoms with E-state index in [4.69, 9.17) is 4.99 Å². The smallest absolute Gasteiger partial charge is 0.319 e. The second-order valence-corrected chi connectivity index (χ2v) is 10.3. The first kappa shape index (κ1) is 25.6. The molecule has 2 amide bonds. The van der Waals surface area contributed by atoms with Crippen LogP contribution in [0.15, 0.2) is 126 Å². The average molecular weight is 536 g/mol. The first-order chi connectivity index (χ1) is 19.4. The van der Waals surface area contributed by atoms with Crippen LogP contribution in [0.25, 0.3) is 0 Å². The summed E-state index contributed by atoms with van der Waals surface area (Å²) >= 11 is 0. The molecular weight excluding hydrogens is 506 g/mol. The molecule has 0 spiro atoms. The molecule has 3 unspecified atom stereocenters. The summed E-state index contributed by atoms with van der Waals surface area (Å²) in [5.74, 6) is -0.0797. The molecule has 0 radical (unpaired) electrons. The highest BCUT2D eigenvalue weighted by Gasteiger charge is 2.60. The Bertz CT molecular complexity index is 1590. The van der Waals surface area contributed by atoms with E-state index >= 15 is 4.39 Å². The number of rotatable bonds is 6. The summed E-state index contributed by atoms with van der Waals surface area (Å²) in [6.07, 6.45) is 1.56. The lowest BCUT2D eigenvalue weighted by Crippen LogP contribution is -2.60. The number of halogens is 2. The average Bonchev–Trinajstić information content (AvgIpc) is 3.28. The van der Waals surface area contributed by atoms with Crippen molar-refractivity contribution in [1.82, 2.24) is 10.6 Å². The van der Waals surface area contributed by atoms with Crippen molar-refractivity contribution in [3.05, 3.63) is 155 Å². The second-order valence-electron chi connectivity index (χ2n) is 10.3. The molecule has 5 nitrogen and oxygen atoms in total. The van der Waals surface area contributed by atoms with E-state index < -0.39 is 17.2 Å². The van der Waals surface area contributed by atoms with Gasteiger partial charge in [0.1, 0.15) is 29.3 Å². The highest BCUT2D eigenvalue weighted by atomic mass is 19.1. The van der Waals surface area contributed by atoms with E-state index in [0.29, 0.717) is 17.2 Å². The molecule has 0 saturated heterocycles. The van der Waals surface area contributed by atoms with Gasteiger partial charge in [0.25, 0.3) is 5.82 Å². The van der Waals surface area contributed by atoms with Gasteiger partial charge in [0.05, 0.1) is 0 Å². The first-order valence-corrected chi connectivity index (χ1v) is 13.3. The molecule has 0 aromatic heterocycles. The van der Waals surface area contributed by atoms with Gasteiger partial charge in [-0.05, 0) is 37.6 Å². The van der Waals surface area contributed by atoms with Gasteiger partial charge >= 0.3 is 6.03 Å². The molecule has 2 N–H and O–H groups in total. The van der Waals surface area contributed by atoms with E-state index in [-0.39, 0.29) is 28.2 Å². The number of hydrogen-bond donors (Lipinski definition) is 2. The molecule has 7 heteroatoms. The largest absolute Gasteiger partial charge is 0.429 e. The van der Waals surface area contributed by atoms with Crippen LogP contribution in [0.4, 0.5) is 13.6 Å². The van der Waals surface area contributed by atoms with E-state index in [1.54, 1.807) is 36.5 Å². The van der Waals surface area contributed by atoms with Crippen molar-refractivity contribution in [2.45, 2.75) is 31.5 Å². The Hall–Kier alpha value is -4.62. The van der Waals surface area contributed by atoms with Crippen LogP contribution in [-0.2, 0) is 5.54 Å². The molecule has 200 valence electrons. The van der Waals surface area contributed by atoms with Crippen LogP contribution in [-0.4, -0.2) is 16.7 Å². The Morgan fingerprint density at radius 3 is 1.98 bits per heavy atom. The van der Waals surface area contributed by atoms with Crippen molar-refractivity contribution in [1.29, 1.82) is 0 Å². The maximum Gasteiger partial charge on any atom is 0.429 e. The number of carbonyl (C=O) groups excluding carboxylic acids is 1. The SMILES string of the molecule is CC(c1ccccc1)[N+]1(C(C)c2ccccc2)C(=O)NC2=C1NC(c1cccc(F)c1)(c1ccccc1F)C=N2. The lowest BCUT2D eigenvalue weighted by atomic mass is 9.82. The number of nitrogens with one attached hydrogen (secondary N) is 2. The summed E-state index contributed by atoms with van der Waals surface area (Å²) in [4.78, 5) is 19.0. The molecule has 0 saturated carbocycles. The fourth-order valence-corrected chi connectivity index (χ4v) is 6.12. The second kappa shape index (κ2) is 9.84. The third kappa shape index (κ3) is 3.85. The summed E-state index contributed by atoms with van der Waals surface area (Å²) in [5, 5.41) is 6.56. The van der Waals surface area contributed by atoms with Crippen molar-refractivity contribution in [2.24, 2.45) is 4.99 Å². The molecule has 2 heterocycles. The van der Waals surface area contributed by atoms with Crippen LogP contribution in [0, 0.1) is 11.6 Å². The Morgan fingerprint density at radius 2 is 1.38 bits per heavy atom. The standard InChI is InChI=1S/C33H28F2N4O/c1-22(24-12-5-3-6-13-24)39(23(2)25-14-7-4-8-15-25)31-30(37-32(39)40)36-21-33(38-31,26-16-11-17-27(34)20-26)28-18-9-10-19-29(28)35/h3-23,38H,1-2H3/p+1. The molecule has 0 aliphatic carbocycles. The number of benzene rings is 4. The third-order valence-corrected chi connectivity index (χ3v) is 8.22. The molecule has 0 bridgehead atoms. The highest BCUT2D eigenvalue weighted by Crippen LogP contribution is 2.49. The Morgan fingerprint density at radius 1 is 0.775 bits per heavy atom. The molecule has 40 heavy (non-hydrogen) atoms. The Balaban J connectivity index is 1.60. The van der Waals surface area contributed by atoms with Crippen molar-refractivity contribution in [2.75, 3.05) is 0 Å². The van der Waals surface area contributed by atoms with E-state index in [1.165, 1.54) is 18.2 Å². The van der Waals surface area contributed by atoms with Crippen LogP contribution in [0.3, 0.4) is 0 Å². The van der Waals surface area contributed by atoms with E-state index in [1.807, 2.05) is 74.5 Å². The number of hydrogen-bond acceptors (Lipinski definition) is 3. The molecule has 0 fully saturated rings. The lowest BCUT2D eigenvalue weighted by molar-refractivity contribution is -0.872. The van der Waals surface area contributed by atoms with Crippen LogP contribution < -0.4 is 10.6 Å². The quantitative estimate of drug-likeness (QED) is 0.260. The molecular formula is C33H29F2N4O+. The van der Waals surface area contributed by atoms with Gasteiger partial charge in [-0.3, -0.25) is 5.32 Å². The number of amides is 2. The molecule has 6 rings (SSSR count). The summed E-state index contributed by atoms with van der Waals surface area (Å²) in [6, 6.07) is 31.1. The van der Waals surface area contributed by atoms with Crippen molar-refractivity contribution < 1.29 is 18.1 Å². The summed E-state index contributed by atoms with van der Waals surface area (Å²) < 4.78 is 30.0. The number of quaternary nitrogens is 1. The van der Waals surface area contributed by atoms with Crippen molar-refractivity contribution >= 4 is 12.2 Å². The topological polar surface area (TPSA) is 53.5 Å². The van der Waals surface area contributed by atoms with Gasteiger partial charge in [0, 0.05) is 22.9 Å². The minimum atomic E-state index is -1.38. The van der Waals surface area contributed by atoms with E-state index in [9.17, 15) is 9.18 Å². The van der Waals surface area contributed by atoms with Crippen molar-refractivity contribution in [3.8, 4) is 0 Å². The van der Waals surface area contributed by atoms with Gasteiger partial charge in [-0.25, -0.2) is 18.6 Å². The van der Waals surface area contributed by atoms with Crippen LogP contribution in [0.2, 0.25) is 0 Å². The minimum Gasteiger partial charge on any atom is -0.319 e. The Kier molecular flexibility index (Phi) is 6.31. The zero-order valence-corrected chi connectivity index (χ0v) is 22.2. The predicted octanol–water partition coefficient (Wildman–Crippen LogP) is 7.07. The zero-order valence-electron chi connectivity index (χ0n) is 22.2. The molecule has 4 aromatic rings. The fourth-order valence-electron chi connectivity index (χ4n) is 6.12. The summed E-state index contributed by atoms with van der Waals surface area (Å²) in [6.45, 7) is 4.02. The maximum absolute atomic E-state index is 15.6. The monoisotopic (exact) mass is 535 g/mol. The van der Waals surface area contributed by atoms with Gasteiger partial charge in [0.2, 0.25) is 5.82 Å². The Labute approximate surface area is 232 Å². The van der Waals surface area contributed by atoms with Gasteiger partial charge in [-0.1, -0.05) is 91.0 Å². The number of nitrogens with zero attached hydrogens (tertiary/aromatic N) is 2. The number of carbonyl (C=O) groups is 1. The zero-order chi connectivity index (χ0) is 27.9. The van der Waals surface area contributed by atoms with Crippen LogP contribution >= 0.6 is 0 Å². The van der Waals surface area contributed by atoms with Crippen LogP contribution in [0.5, 0.6) is 0 Å². The molecule has 2 aliphatic heterocycles. The molecule has 3 atom stereocenters. The predicted molar refractivity (Wildman–Crippen MR) is 151 cm³/mol. The fraction of sp³-hybridized carbons (Fsp3) is 0.152. The van der Waals surface area contributed by atoms with Crippen LogP contribution in [0.1, 0.15) is 48.2 Å². The molecule has 2 aliphatic rings. The number of urea groups is 1. The third-order valence-electron chi connectivity index (χ3n) is 8.22.